The number of hydrogen-bond donors (Lipinski definition) is 2. The number of rotatable bonds is 4. The van der Waals surface area contributed by atoms with Gasteiger partial charge in [0.2, 0.25) is 11.8 Å². The summed E-state index contributed by atoms with van der Waals surface area (Å²) in [6, 6.07) is 5.34. The minimum Gasteiger partial charge on any atom is -0.495 e. The third-order valence-corrected chi connectivity index (χ3v) is 4.01. The molecule has 1 aromatic carbocycles. The van der Waals surface area contributed by atoms with Crippen LogP contribution >= 0.6 is 11.6 Å². The summed E-state index contributed by atoms with van der Waals surface area (Å²) in [7, 11) is 1.51. The maximum Gasteiger partial charge on any atom is 0.247 e. The van der Waals surface area contributed by atoms with Crippen molar-refractivity contribution in [3.05, 3.63) is 52.9 Å². The second-order valence-electron chi connectivity index (χ2n) is 5.23. The normalized spacial score (nSPS) is 20.8. The van der Waals surface area contributed by atoms with E-state index >= 15 is 0 Å². The van der Waals surface area contributed by atoms with Crippen molar-refractivity contribution in [1.29, 1.82) is 0 Å². The molecule has 2 N–H and O–H groups in total. The number of carbonyl (C=O) groups excluding carboxylic acids is 2. The lowest BCUT2D eigenvalue weighted by atomic mass is 9.99. The molecule has 23 heavy (non-hydrogen) atoms. The molecule has 6 nitrogen and oxygen atoms in total. The lowest BCUT2D eigenvalue weighted by Crippen LogP contribution is -2.58. The number of benzene rings is 1. The van der Waals surface area contributed by atoms with Crippen LogP contribution in [0.4, 0.5) is 0 Å². The van der Waals surface area contributed by atoms with Gasteiger partial charge in [0.25, 0.3) is 0 Å². The van der Waals surface area contributed by atoms with Crippen LogP contribution in [0, 0.1) is 0 Å². The summed E-state index contributed by atoms with van der Waals surface area (Å²) >= 11 is 6.08. The molecule has 0 saturated carbocycles. The monoisotopic (exact) mass is 334 g/mol. The molecule has 3 rings (SSSR count). The van der Waals surface area contributed by atoms with E-state index in [0.29, 0.717) is 22.8 Å². The number of methoxy groups -OCH3 is 1. The van der Waals surface area contributed by atoms with Crippen molar-refractivity contribution in [3.63, 3.8) is 0 Å². The fourth-order valence-corrected chi connectivity index (χ4v) is 2.78. The molecular weight excluding hydrogens is 320 g/mol. The summed E-state index contributed by atoms with van der Waals surface area (Å²) in [5, 5.41) is 5.84. The zero-order chi connectivity index (χ0) is 16.4. The molecule has 1 aromatic heterocycles. The van der Waals surface area contributed by atoms with Crippen molar-refractivity contribution in [1.82, 2.24) is 10.6 Å². The van der Waals surface area contributed by atoms with Crippen LogP contribution in [0.1, 0.15) is 17.2 Å². The van der Waals surface area contributed by atoms with Gasteiger partial charge in [-0.1, -0.05) is 17.7 Å². The van der Waals surface area contributed by atoms with E-state index in [-0.39, 0.29) is 11.8 Å². The quantitative estimate of drug-likeness (QED) is 0.894. The van der Waals surface area contributed by atoms with E-state index < -0.39 is 12.1 Å². The molecule has 1 aliphatic rings. The third-order valence-electron chi connectivity index (χ3n) is 3.71. The highest BCUT2D eigenvalue weighted by molar-refractivity contribution is 6.32. The van der Waals surface area contributed by atoms with Crippen LogP contribution in [0.2, 0.25) is 5.02 Å². The maximum absolute atomic E-state index is 12.3. The predicted octanol–water partition coefficient (Wildman–Crippen LogP) is 1.84. The van der Waals surface area contributed by atoms with Crippen molar-refractivity contribution in [2.24, 2.45) is 0 Å². The average molecular weight is 335 g/mol. The Morgan fingerprint density at radius 2 is 2.04 bits per heavy atom. The minimum atomic E-state index is -0.772. The highest BCUT2D eigenvalue weighted by Crippen LogP contribution is 2.28. The molecule has 2 aromatic rings. The topological polar surface area (TPSA) is 80.6 Å². The molecule has 2 heterocycles. The van der Waals surface area contributed by atoms with Crippen LogP contribution in [0.5, 0.6) is 5.75 Å². The minimum absolute atomic E-state index is 0.247. The first-order valence-electron chi connectivity index (χ1n) is 7.03. The van der Waals surface area contributed by atoms with E-state index in [2.05, 4.69) is 10.6 Å². The standard InChI is InChI=1S/C16H15ClN2O4/c1-22-13-3-2-10(7-11(13)17)14-16(21)18-12(15(20)19-14)6-9-4-5-23-8-9/h2-5,7-8,12,14H,6H2,1H3,(H,18,21)(H,19,20). The molecule has 1 aliphatic heterocycles. The molecule has 0 aliphatic carbocycles. The lowest BCUT2D eigenvalue weighted by Gasteiger charge is -2.29. The van der Waals surface area contributed by atoms with Gasteiger partial charge in [-0.2, -0.15) is 0 Å². The Labute approximate surface area is 137 Å². The Balaban J connectivity index is 1.75. The molecule has 120 valence electrons. The van der Waals surface area contributed by atoms with Gasteiger partial charge in [0.1, 0.15) is 17.8 Å². The largest absolute Gasteiger partial charge is 0.495 e. The summed E-state index contributed by atoms with van der Waals surface area (Å²) in [5.41, 5.74) is 1.44. The Bertz CT molecular complexity index is 730. The number of nitrogens with one attached hydrogen (secondary N) is 2. The molecule has 2 amide bonds. The van der Waals surface area contributed by atoms with Crippen molar-refractivity contribution in [3.8, 4) is 5.75 Å². The maximum atomic E-state index is 12.3. The number of carbonyl (C=O) groups is 2. The lowest BCUT2D eigenvalue weighted by molar-refractivity contribution is -0.136. The first-order valence-corrected chi connectivity index (χ1v) is 7.41. The van der Waals surface area contributed by atoms with E-state index in [1.165, 1.54) is 13.4 Å². The first kappa shape index (κ1) is 15.4. The zero-order valence-electron chi connectivity index (χ0n) is 12.3. The fraction of sp³-hybridized carbons (Fsp3) is 0.250. The average Bonchev–Trinajstić information content (AvgIpc) is 3.03. The Hall–Kier alpha value is -2.47. The van der Waals surface area contributed by atoms with Gasteiger partial charge in [-0.25, -0.2) is 0 Å². The second kappa shape index (κ2) is 6.34. The van der Waals surface area contributed by atoms with Gasteiger partial charge in [-0.05, 0) is 29.3 Å². The highest BCUT2D eigenvalue weighted by atomic mass is 35.5. The second-order valence-corrected chi connectivity index (χ2v) is 5.64. The number of ether oxygens (including phenoxy) is 1. The highest BCUT2D eigenvalue weighted by Gasteiger charge is 2.34. The SMILES string of the molecule is COc1ccc(C2NC(=O)C(Cc3ccoc3)NC2=O)cc1Cl. The molecular formula is C16H15ClN2O4. The van der Waals surface area contributed by atoms with E-state index in [1.807, 2.05) is 0 Å². The van der Waals surface area contributed by atoms with Crippen molar-refractivity contribution >= 4 is 23.4 Å². The molecule has 0 spiro atoms. The molecule has 2 atom stereocenters. The molecule has 0 radical (unpaired) electrons. The van der Waals surface area contributed by atoms with Crippen molar-refractivity contribution < 1.29 is 18.7 Å². The van der Waals surface area contributed by atoms with Crippen LogP contribution < -0.4 is 15.4 Å². The van der Waals surface area contributed by atoms with Gasteiger partial charge in [0.05, 0.1) is 24.7 Å². The van der Waals surface area contributed by atoms with Gasteiger partial charge >= 0.3 is 0 Å². The number of piperazine rings is 1. The number of halogens is 1. The number of furan rings is 1. The smallest absolute Gasteiger partial charge is 0.247 e. The van der Waals surface area contributed by atoms with Crippen molar-refractivity contribution in [2.45, 2.75) is 18.5 Å². The van der Waals surface area contributed by atoms with Crippen LogP contribution in [0.3, 0.4) is 0 Å². The first-order chi connectivity index (χ1) is 11.1. The molecule has 7 heteroatoms. The van der Waals surface area contributed by atoms with Gasteiger partial charge in [0.15, 0.2) is 0 Å². The summed E-state index contributed by atoms with van der Waals surface area (Å²) in [6.07, 6.45) is 3.46. The molecule has 1 fully saturated rings. The van der Waals surface area contributed by atoms with Gasteiger partial charge < -0.3 is 19.8 Å². The number of amides is 2. The summed E-state index contributed by atoms with van der Waals surface area (Å²) in [4.78, 5) is 24.6. The van der Waals surface area contributed by atoms with Gasteiger partial charge in [0, 0.05) is 6.42 Å². The third kappa shape index (κ3) is 3.17. The van der Waals surface area contributed by atoms with Crippen LogP contribution in [-0.2, 0) is 16.0 Å². The van der Waals surface area contributed by atoms with Gasteiger partial charge in [-0.15, -0.1) is 0 Å². The fourth-order valence-electron chi connectivity index (χ4n) is 2.51. The van der Waals surface area contributed by atoms with Crippen LogP contribution in [0.15, 0.2) is 41.2 Å². The number of hydrogen-bond acceptors (Lipinski definition) is 4. The Kier molecular flexibility index (Phi) is 4.25. The predicted molar refractivity (Wildman–Crippen MR) is 83.2 cm³/mol. The zero-order valence-corrected chi connectivity index (χ0v) is 13.1. The van der Waals surface area contributed by atoms with Gasteiger partial charge in [-0.3, -0.25) is 9.59 Å². The van der Waals surface area contributed by atoms with E-state index in [9.17, 15) is 9.59 Å². The van der Waals surface area contributed by atoms with E-state index in [1.54, 1.807) is 30.5 Å². The Morgan fingerprint density at radius 3 is 2.70 bits per heavy atom. The van der Waals surface area contributed by atoms with Crippen molar-refractivity contribution in [2.75, 3.05) is 7.11 Å². The van der Waals surface area contributed by atoms with Crippen LogP contribution in [0.25, 0.3) is 0 Å². The summed E-state index contributed by atoms with van der Waals surface area (Å²) in [6.45, 7) is 0. The molecule has 1 saturated heterocycles. The van der Waals surface area contributed by atoms with Crippen LogP contribution in [-0.4, -0.2) is 25.0 Å². The van der Waals surface area contributed by atoms with E-state index in [4.69, 9.17) is 20.8 Å². The summed E-state index contributed by atoms with van der Waals surface area (Å²) < 4.78 is 10.1. The molecule has 2 unspecified atom stereocenters. The van der Waals surface area contributed by atoms with E-state index in [0.717, 1.165) is 5.56 Å². The molecule has 0 bridgehead atoms. The summed E-state index contributed by atoms with van der Waals surface area (Å²) in [5.74, 6) is -0.0159. The Morgan fingerprint density at radius 1 is 1.22 bits per heavy atom.